The van der Waals surface area contributed by atoms with Crippen LogP contribution in [0.5, 0.6) is 0 Å². The third kappa shape index (κ3) is 4.69. The Morgan fingerprint density at radius 2 is 2.08 bits per heavy atom. The molecular weight excluding hydrogens is 371 g/mol. The van der Waals surface area contributed by atoms with E-state index < -0.39 is 5.97 Å². The summed E-state index contributed by atoms with van der Waals surface area (Å²) in [6, 6.07) is 4.82. The molecule has 2 rings (SSSR count). The number of carboxylic acid groups (broad SMARTS) is 1. The summed E-state index contributed by atoms with van der Waals surface area (Å²) >= 11 is 13.0. The van der Waals surface area contributed by atoms with Crippen molar-refractivity contribution >= 4 is 46.4 Å². The summed E-state index contributed by atoms with van der Waals surface area (Å²) in [7, 11) is 0. The molecule has 0 fully saturated rings. The van der Waals surface area contributed by atoms with E-state index in [9.17, 15) is 9.59 Å². The van der Waals surface area contributed by atoms with Gasteiger partial charge in [-0.15, -0.1) is 11.3 Å². The fraction of sp³-hybridized carbons (Fsp3) is 0.312. The van der Waals surface area contributed by atoms with E-state index in [4.69, 9.17) is 28.3 Å². The van der Waals surface area contributed by atoms with E-state index in [0.29, 0.717) is 27.2 Å². The number of nitrogens with one attached hydrogen (secondary N) is 1. The molecule has 1 heterocycles. The van der Waals surface area contributed by atoms with Gasteiger partial charge in [0.1, 0.15) is 9.88 Å². The number of nitrogens with zero attached hydrogens (tertiary/aromatic N) is 1. The SMILES string of the molecule is Cc1nc(C(C)NC(=O)CCc2ccc(Cl)cc2Cl)sc1C(=O)O. The lowest BCUT2D eigenvalue weighted by molar-refractivity contribution is -0.121. The molecule has 8 heteroatoms. The van der Waals surface area contributed by atoms with E-state index in [0.717, 1.165) is 16.9 Å². The van der Waals surface area contributed by atoms with Gasteiger partial charge in [-0.05, 0) is 38.0 Å². The molecule has 1 aromatic carbocycles. The first-order valence-corrected chi connectivity index (χ1v) is 8.79. The average Bonchev–Trinajstić information content (AvgIpc) is 2.88. The molecule has 0 aliphatic rings. The number of carboxylic acids is 1. The van der Waals surface area contributed by atoms with Crippen LogP contribution in [0.25, 0.3) is 0 Å². The number of hydrogen-bond donors (Lipinski definition) is 2. The Morgan fingerprint density at radius 3 is 2.67 bits per heavy atom. The van der Waals surface area contributed by atoms with Crippen LogP contribution in [-0.2, 0) is 11.2 Å². The molecule has 2 aromatic rings. The van der Waals surface area contributed by atoms with Gasteiger partial charge in [-0.3, -0.25) is 4.79 Å². The molecule has 1 amide bonds. The Bertz CT molecular complexity index is 777. The maximum Gasteiger partial charge on any atom is 0.347 e. The summed E-state index contributed by atoms with van der Waals surface area (Å²) in [5, 5.41) is 13.5. The Balaban J connectivity index is 1.94. The number of hydrogen-bond acceptors (Lipinski definition) is 4. The predicted molar refractivity (Wildman–Crippen MR) is 95.2 cm³/mol. The Hall–Kier alpha value is -1.63. The van der Waals surface area contributed by atoms with E-state index in [1.165, 1.54) is 0 Å². The molecule has 1 unspecified atom stereocenters. The summed E-state index contributed by atoms with van der Waals surface area (Å²) < 4.78 is 0. The minimum atomic E-state index is -1.01. The third-order valence-corrected chi connectivity index (χ3v) is 5.31. The van der Waals surface area contributed by atoms with Crippen molar-refractivity contribution in [3.05, 3.63) is 49.4 Å². The molecule has 0 radical (unpaired) electrons. The van der Waals surface area contributed by atoms with E-state index in [1.807, 2.05) is 0 Å². The van der Waals surface area contributed by atoms with Gasteiger partial charge in [-0.1, -0.05) is 29.3 Å². The maximum atomic E-state index is 12.1. The third-order valence-electron chi connectivity index (χ3n) is 3.39. The van der Waals surface area contributed by atoms with Gasteiger partial charge in [0.15, 0.2) is 0 Å². The van der Waals surface area contributed by atoms with E-state index >= 15 is 0 Å². The maximum absolute atomic E-state index is 12.1. The van der Waals surface area contributed by atoms with Crippen LogP contribution in [0, 0.1) is 6.92 Å². The molecule has 1 atom stereocenters. The van der Waals surface area contributed by atoms with Gasteiger partial charge < -0.3 is 10.4 Å². The molecule has 2 N–H and O–H groups in total. The standard InChI is InChI=1S/C16H16Cl2N2O3S/c1-8-14(16(22)23)24-15(20-8)9(2)19-13(21)6-4-10-3-5-11(17)7-12(10)18/h3,5,7,9H,4,6H2,1-2H3,(H,19,21)(H,22,23). The molecular formula is C16H16Cl2N2O3S. The van der Waals surface area contributed by atoms with Crippen molar-refractivity contribution in [2.45, 2.75) is 32.7 Å². The smallest absolute Gasteiger partial charge is 0.347 e. The second-order valence-electron chi connectivity index (χ2n) is 5.30. The van der Waals surface area contributed by atoms with Crippen LogP contribution in [0.4, 0.5) is 0 Å². The molecule has 0 aliphatic carbocycles. The molecule has 5 nitrogen and oxygen atoms in total. The van der Waals surface area contributed by atoms with Crippen LogP contribution in [0.15, 0.2) is 18.2 Å². The largest absolute Gasteiger partial charge is 0.477 e. The number of thiazole rings is 1. The molecule has 24 heavy (non-hydrogen) atoms. The van der Waals surface area contributed by atoms with Gasteiger partial charge in [-0.2, -0.15) is 0 Å². The summed E-state index contributed by atoms with van der Waals surface area (Å²) in [5.74, 6) is -1.16. The van der Waals surface area contributed by atoms with Gasteiger partial charge in [-0.25, -0.2) is 9.78 Å². The number of aromatic nitrogens is 1. The van der Waals surface area contributed by atoms with Crippen LogP contribution >= 0.6 is 34.5 Å². The van der Waals surface area contributed by atoms with E-state index in [1.54, 1.807) is 32.0 Å². The van der Waals surface area contributed by atoms with Gasteiger partial charge in [0.25, 0.3) is 0 Å². The van der Waals surface area contributed by atoms with Crippen molar-refractivity contribution in [3.63, 3.8) is 0 Å². The van der Waals surface area contributed by atoms with Gasteiger partial charge in [0.2, 0.25) is 5.91 Å². The van der Waals surface area contributed by atoms with Gasteiger partial charge >= 0.3 is 5.97 Å². The fourth-order valence-corrected chi connectivity index (χ4v) is 3.56. The summed E-state index contributed by atoms with van der Waals surface area (Å²) in [4.78, 5) is 27.5. The average molecular weight is 387 g/mol. The molecule has 0 spiro atoms. The number of benzene rings is 1. The van der Waals surface area contributed by atoms with Crippen LogP contribution in [0.2, 0.25) is 10.0 Å². The highest BCUT2D eigenvalue weighted by Crippen LogP contribution is 2.24. The second kappa shape index (κ2) is 7.96. The van der Waals surface area contributed by atoms with Crippen LogP contribution in [0.1, 0.15) is 45.3 Å². The normalized spacial score (nSPS) is 12.0. The Labute approximate surface area is 153 Å². The minimum Gasteiger partial charge on any atom is -0.477 e. The fourth-order valence-electron chi connectivity index (χ4n) is 2.15. The van der Waals surface area contributed by atoms with Crippen molar-refractivity contribution in [3.8, 4) is 0 Å². The number of rotatable bonds is 6. The first kappa shape index (κ1) is 18.7. The van der Waals surface area contributed by atoms with Crippen LogP contribution in [0.3, 0.4) is 0 Å². The number of halogens is 2. The number of carbonyl (C=O) groups excluding carboxylic acids is 1. The highest BCUT2D eigenvalue weighted by atomic mass is 35.5. The van der Waals surface area contributed by atoms with Crippen molar-refractivity contribution in [2.75, 3.05) is 0 Å². The predicted octanol–water partition coefficient (Wildman–Crippen LogP) is 4.27. The number of aryl methyl sites for hydroxylation is 2. The number of amides is 1. The highest BCUT2D eigenvalue weighted by Gasteiger charge is 2.19. The highest BCUT2D eigenvalue weighted by molar-refractivity contribution is 7.13. The first-order valence-electron chi connectivity index (χ1n) is 7.22. The van der Waals surface area contributed by atoms with Crippen LogP contribution < -0.4 is 5.32 Å². The lowest BCUT2D eigenvalue weighted by atomic mass is 10.1. The molecule has 0 aliphatic heterocycles. The van der Waals surface area contributed by atoms with E-state index in [2.05, 4.69) is 10.3 Å². The zero-order valence-electron chi connectivity index (χ0n) is 13.1. The first-order chi connectivity index (χ1) is 11.3. The summed E-state index contributed by atoms with van der Waals surface area (Å²) in [6.45, 7) is 3.41. The molecule has 0 bridgehead atoms. The molecule has 1 aromatic heterocycles. The molecule has 0 saturated heterocycles. The zero-order chi connectivity index (χ0) is 17.9. The zero-order valence-corrected chi connectivity index (χ0v) is 15.4. The van der Waals surface area contributed by atoms with Crippen molar-refractivity contribution in [2.24, 2.45) is 0 Å². The Kier molecular flexibility index (Phi) is 6.21. The quantitative estimate of drug-likeness (QED) is 0.776. The number of aromatic carboxylic acids is 1. The lowest BCUT2D eigenvalue weighted by Crippen LogP contribution is -2.26. The van der Waals surface area contributed by atoms with Crippen molar-refractivity contribution in [1.29, 1.82) is 0 Å². The van der Waals surface area contributed by atoms with Crippen molar-refractivity contribution < 1.29 is 14.7 Å². The summed E-state index contributed by atoms with van der Waals surface area (Å²) in [5.41, 5.74) is 1.30. The molecule has 128 valence electrons. The Morgan fingerprint density at radius 1 is 1.38 bits per heavy atom. The van der Waals surface area contributed by atoms with Crippen molar-refractivity contribution in [1.82, 2.24) is 10.3 Å². The topological polar surface area (TPSA) is 79.3 Å². The van der Waals surface area contributed by atoms with Gasteiger partial charge in [0, 0.05) is 16.5 Å². The second-order valence-corrected chi connectivity index (χ2v) is 7.17. The van der Waals surface area contributed by atoms with Gasteiger partial charge in [0.05, 0.1) is 11.7 Å². The van der Waals surface area contributed by atoms with E-state index in [-0.39, 0.29) is 23.2 Å². The van der Waals surface area contributed by atoms with Crippen LogP contribution in [-0.4, -0.2) is 22.0 Å². The minimum absolute atomic E-state index is 0.154. The number of carbonyl (C=O) groups is 2. The molecule has 0 saturated carbocycles. The lowest BCUT2D eigenvalue weighted by Gasteiger charge is -2.11. The summed E-state index contributed by atoms with van der Waals surface area (Å²) in [6.07, 6.45) is 0.758. The monoisotopic (exact) mass is 386 g/mol.